The fraction of sp³-hybridized carbons (Fsp3) is 0.667. The predicted octanol–water partition coefficient (Wildman–Crippen LogP) is 3.15. The Bertz CT molecular complexity index is 666. The molecule has 2 aliphatic heterocycles. The van der Waals surface area contributed by atoms with Crippen molar-refractivity contribution in [1.29, 1.82) is 0 Å². The first kappa shape index (κ1) is 19.2. The molecular weight excluding hydrogens is 365 g/mol. The van der Waals surface area contributed by atoms with E-state index < -0.39 is 0 Å². The Morgan fingerprint density at radius 3 is 2.59 bits per heavy atom. The van der Waals surface area contributed by atoms with Gasteiger partial charge in [0.2, 0.25) is 5.91 Å². The average molecular weight is 394 g/mol. The van der Waals surface area contributed by atoms with Crippen LogP contribution < -0.4 is 5.32 Å². The minimum Gasteiger partial charge on any atom is -0.353 e. The molecule has 2 heterocycles. The Kier molecular flexibility index (Phi) is 5.72. The van der Waals surface area contributed by atoms with Gasteiger partial charge in [-0.15, -0.1) is 0 Å². The van der Waals surface area contributed by atoms with Crippen molar-refractivity contribution >= 4 is 17.5 Å². The number of fused-ring (bicyclic) bond motifs is 2. The highest BCUT2D eigenvalue weighted by Crippen LogP contribution is 2.38. The second kappa shape index (κ2) is 8.06. The quantitative estimate of drug-likeness (QED) is 0.834. The van der Waals surface area contributed by atoms with Gasteiger partial charge in [-0.25, -0.2) is 4.39 Å². The van der Waals surface area contributed by atoms with E-state index >= 15 is 0 Å². The summed E-state index contributed by atoms with van der Waals surface area (Å²) in [6, 6.07) is 5.16. The maximum Gasteiger partial charge on any atom is 0.220 e. The summed E-state index contributed by atoms with van der Waals surface area (Å²) < 4.78 is 14.1. The van der Waals surface area contributed by atoms with E-state index in [2.05, 4.69) is 22.2 Å². The van der Waals surface area contributed by atoms with E-state index in [1.54, 1.807) is 12.1 Å². The lowest BCUT2D eigenvalue weighted by atomic mass is 9.91. The lowest BCUT2D eigenvalue weighted by molar-refractivity contribution is -0.123. The molecule has 1 aliphatic carbocycles. The van der Waals surface area contributed by atoms with E-state index in [-0.39, 0.29) is 17.8 Å². The number of nitrogens with zero attached hydrogens (tertiary/aromatic N) is 2. The molecule has 1 N–H and O–H groups in total. The summed E-state index contributed by atoms with van der Waals surface area (Å²) in [5, 5.41) is 3.84. The highest BCUT2D eigenvalue weighted by atomic mass is 35.5. The molecule has 2 bridgehead atoms. The van der Waals surface area contributed by atoms with Crippen LogP contribution in [0.3, 0.4) is 0 Å². The first-order chi connectivity index (χ1) is 13.0. The van der Waals surface area contributed by atoms with Crippen LogP contribution in [0.5, 0.6) is 0 Å². The van der Waals surface area contributed by atoms with E-state index in [9.17, 15) is 9.18 Å². The third-order valence-corrected chi connectivity index (χ3v) is 7.00. The fourth-order valence-electron chi connectivity index (χ4n) is 5.29. The minimum absolute atomic E-state index is 0.211. The maximum atomic E-state index is 14.1. The van der Waals surface area contributed by atoms with Gasteiger partial charge >= 0.3 is 0 Å². The summed E-state index contributed by atoms with van der Waals surface area (Å²) in [5.74, 6) is 1.40. The number of halogens is 2. The Morgan fingerprint density at radius 2 is 1.96 bits per heavy atom. The normalized spacial score (nSPS) is 31.4. The number of carbonyl (C=O) groups excluding carboxylic acids is 1. The number of benzene rings is 1. The molecule has 148 valence electrons. The molecule has 2 saturated heterocycles. The van der Waals surface area contributed by atoms with Crippen molar-refractivity contribution < 1.29 is 9.18 Å². The number of amides is 1. The van der Waals surface area contributed by atoms with Crippen molar-refractivity contribution in [2.75, 3.05) is 33.2 Å². The number of nitrogens with one attached hydrogen (secondary N) is 1. The van der Waals surface area contributed by atoms with Crippen molar-refractivity contribution in [1.82, 2.24) is 15.1 Å². The molecular formula is C21H29ClFN3O. The van der Waals surface area contributed by atoms with Crippen molar-refractivity contribution in [2.45, 2.75) is 38.3 Å². The number of carbonyl (C=O) groups is 1. The van der Waals surface area contributed by atoms with Crippen LogP contribution in [0.15, 0.2) is 18.2 Å². The molecule has 3 aliphatic rings. The zero-order chi connectivity index (χ0) is 19.0. The van der Waals surface area contributed by atoms with E-state index in [1.165, 1.54) is 6.07 Å². The third-order valence-electron chi connectivity index (χ3n) is 6.64. The molecule has 4 nitrogen and oxygen atoms in total. The molecule has 0 spiro atoms. The standard InChI is InChI=1S/C21H29ClFN3O/c1-25-8-7-14(10-25)9-20(27)24-21-15-5-6-16(21)12-26(11-15)13-17-18(22)3-2-4-19(17)23/h2-4,14-16,21H,5-13H2,1H3,(H,24,27)/t14?,15-,16+,21?. The number of hydrogen-bond acceptors (Lipinski definition) is 3. The topological polar surface area (TPSA) is 35.6 Å². The Labute approximate surface area is 166 Å². The SMILES string of the molecule is CN1CCC(CC(=O)NC2[C@@H]3CC[C@H]2CN(Cc2c(F)cccc2Cl)C3)C1. The van der Waals surface area contributed by atoms with Crippen molar-refractivity contribution in [3.8, 4) is 0 Å². The summed E-state index contributed by atoms with van der Waals surface area (Å²) >= 11 is 6.20. The fourth-order valence-corrected chi connectivity index (χ4v) is 5.51. The summed E-state index contributed by atoms with van der Waals surface area (Å²) in [5.41, 5.74) is 0.589. The van der Waals surface area contributed by atoms with Gasteiger partial charge < -0.3 is 10.2 Å². The summed E-state index contributed by atoms with van der Waals surface area (Å²) in [6.07, 6.45) is 4.06. The number of piperidine rings is 1. The molecule has 27 heavy (non-hydrogen) atoms. The van der Waals surface area contributed by atoms with Gasteiger partial charge in [-0.3, -0.25) is 9.69 Å². The molecule has 6 heteroatoms. The Balaban J connectivity index is 1.33. The second-order valence-corrected chi connectivity index (χ2v) is 9.11. The number of rotatable bonds is 5. The molecule has 1 amide bonds. The van der Waals surface area contributed by atoms with Crippen LogP contribution in [0.2, 0.25) is 5.02 Å². The van der Waals surface area contributed by atoms with Gasteiger partial charge in [-0.2, -0.15) is 0 Å². The first-order valence-electron chi connectivity index (χ1n) is 10.1. The molecule has 4 atom stereocenters. The van der Waals surface area contributed by atoms with E-state index in [0.29, 0.717) is 41.3 Å². The van der Waals surface area contributed by atoms with Gasteiger partial charge in [-0.05, 0) is 62.7 Å². The van der Waals surface area contributed by atoms with Gasteiger partial charge in [0.25, 0.3) is 0 Å². The number of hydrogen-bond donors (Lipinski definition) is 1. The van der Waals surface area contributed by atoms with Gasteiger partial charge in [-0.1, -0.05) is 17.7 Å². The Hall–Kier alpha value is -1.17. The minimum atomic E-state index is -0.230. The highest BCUT2D eigenvalue weighted by molar-refractivity contribution is 6.31. The van der Waals surface area contributed by atoms with E-state index in [4.69, 9.17) is 11.6 Å². The molecule has 1 aromatic carbocycles. The molecule has 4 rings (SSSR count). The molecule has 3 fully saturated rings. The van der Waals surface area contributed by atoms with E-state index in [0.717, 1.165) is 45.4 Å². The van der Waals surface area contributed by atoms with Crippen LogP contribution in [-0.4, -0.2) is 55.0 Å². The summed E-state index contributed by atoms with van der Waals surface area (Å²) in [7, 11) is 2.12. The average Bonchev–Trinajstić information content (AvgIpc) is 3.11. The summed E-state index contributed by atoms with van der Waals surface area (Å²) in [6.45, 7) is 4.48. The molecule has 1 aromatic rings. The zero-order valence-corrected chi connectivity index (χ0v) is 16.7. The monoisotopic (exact) mass is 393 g/mol. The van der Waals surface area contributed by atoms with Gasteiger partial charge in [0, 0.05) is 49.2 Å². The van der Waals surface area contributed by atoms with Gasteiger partial charge in [0.05, 0.1) is 0 Å². The van der Waals surface area contributed by atoms with Crippen molar-refractivity contribution in [2.24, 2.45) is 17.8 Å². The van der Waals surface area contributed by atoms with Crippen LogP contribution in [0, 0.1) is 23.6 Å². The smallest absolute Gasteiger partial charge is 0.220 e. The lowest BCUT2D eigenvalue weighted by Crippen LogP contribution is -2.52. The molecule has 2 unspecified atom stereocenters. The Morgan fingerprint density at radius 1 is 1.22 bits per heavy atom. The number of likely N-dealkylation sites (tertiary alicyclic amines) is 2. The van der Waals surface area contributed by atoms with Crippen molar-refractivity contribution in [3.63, 3.8) is 0 Å². The molecule has 1 saturated carbocycles. The third kappa shape index (κ3) is 4.30. The predicted molar refractivity (Wildman–Crippen MR) is 105 cm³/mol. The van der Waals surface area contributed by atoms with E-state index in [1.807, 2.05) is 0 Å². The largest absolute Gasteiger partial charge is 0.353 e. The first-order valence-corrected chi connectivity index (χ1v) is 10.5. The molecule has 0 aromatic heterocycles. The zero-order valence-electron chi connectivity index (χ0n) is 16.0. The maximum absolute atomic E-state index is 14.1. The van der Waals surface area contributed by atoms with Crippen LogP contribution >= 0.6 is 11.6 Å². The van der Waals surface area contributed by atoms with Gasteiger partial charge in [0.1, 0.15) is 5.82 Å². The van der Waals surface area contributed by atoms with Gasteiger partial charge in [0.15, 0.2) is 0 Å². The van der Waals surface area contributed by atoms with Crippen LogP contribution in [0.4, 0.5) is 4.39 Å². The van der Waals surface area contributed by atoms with Crippen molar-refractivity contribution in [3.05, 3.63) is 34.6 Å². The second-order valence-electron chi connectivity index (χ2n) is 8.71. The van der Waals surface area contributed by atoms with Crippen LogP contribution in [0.1, 0.15) is 31.2 Å². The van der Waals surface area contributed by atoms with Crippen LogP contribution in [-0.2, 0) is 11.3 Å². The van der Waals surface area contributed by atoms with Crippen LogP contribution in [0.25, 0.3) is 0 Å². The highest BCUT2D eigenvalue weighted by Gasteiger charge is 2.43. The summed E-state index contributed by atoms with van der Waals surface area (Å²) in [4.78, 5) is 17.2. The molecule has 0 radical (unpaired) electrons. The lowest BCUT2D eigenvalue weighted by Gasteiger charge is -2.38.